The molecule has 1 heteroatoms. The zero-order chi connectivity index (χ0) is 13.4. The molecule has 1 atom stereocenters. The summed E-state index contributed by atoms with van der Waals surface area (Å²) in [6, 6.07) is 10.1. The molecular formula is C17H28O. The summed E-state index contributed by atoms with van der Waals surface area (Å²) in [7, 11) is 0. The van der Waals surface area contributed by atoms with E-state index in [4.69, 9.17) is 0 Å². The maximum atomic E-state index is 10.7. The van der Waals surface area contributed by atoms with E-state index in [-0.39, 0.29) is 0 Å². The molecule has 1 nitrogen and oxygen atoms in total. The quantitative estimate of drug-likeness (QED) is 0.739. The number of hydrogen-bond donors (Lipinski definition) is 1. The van der Waals surface area contributed by atoms with Gasteiger partial charge in [0.2, 0.25) is 0 Å². The summed E-state index contributed by atoms with van der Waals surface area (Å²) in [4.78, 5) is 0. The van der Waals surface area contributed by atoms with E-state index in [1.54, 1.807) is 0 Å². The largest absolute Gasteiger partial charge is 0.385 e. The summed E-state index contributed by atoms with van der Waals surface area (Å²) >= 11 is 0. The fraction of sp³-hybridized carbons (Fsp3) is 0.647. The lowest BCUT2D eigenvalue weighted by Gasteiger charge is -2.33. The summed E-state index contributed by atoms with van der Waals surface area (Å²) in [6.07, 6.45) is 7.55. The third-order valence-electron chi connectivity index (χ3n) is 4.01. The monoisotopic (exact) mass is 248 g/mol. The van der Waals surface area contributed by atoms with Crippen LogP contribution in [0.1, 0.15) is 64.9 Å². The topological polar surface area (TPSA) is 20.2 Å². The van der Waals surface area contributed by atoms with Gasteiger partial charge in [0.05, 0.1) is 5.60 Å². The minimum absolute atomic E-state index is 0.428. The number of aliphatic hydroxyl groups is 1. The smallest absolute Gasteiger partial charge is 0.0896 e. The molecule has 1 aromatic carbocycles. The fourth-order valence-electron chi connectivity index (χ4n) is 2.85. The lowest BCUT2D eigenvalue weighted by Crippen LogP contribution is -2.31. The Bertz CT molecular complexity index is 308. The van der Waals surface area contributed by atoms with E-state index >= 15 is 0 Å². The molecule has 0 amide bonds. The van der Waals surface area contributed by atoms with Gasteiger partial charge in [-0.3, -0.25) is 0 Å². The van der Waals surface area contributed by atoms with E-state index < -0.39 is 5.60 Å². The van der Waals surface area contributed by atoms with Crippen molar-refractivity contribution < 1.29 is 5.11 Å². The van der Waals surface area contributed by atoms with Gasteiger partial charge in [0.15, 0.2) is 0 Å². The molecule has 0 aromatic heterocycles. The van der Waals surface area contributed by atoms with Crippen LogP contribution in [0.4, 0.5) is 0 Å². The molecule has 2 rings (SSSR count). The standard InChI is InChI=1S/C15H22O.C2H6/c1-15(16,14-11-7-4-8-12-14)13-9-5-2-3-6-10-13;1-2/h4,7-8,11-13,16H,2-3,5-6,9-10H2,1H3;1-2H3. The van der Waals surface area contributed by atoms with Crippen molar-refractivity contribution in [3.63, 3.8) is 0 Å². The minimum atomic E-state index is -0.647. The van der Waals surface area contributed by atoms with E-state index in [9.17, 15) is 5.11 Å². The van der Waals surface area contributed by atoms with Crippen molar-refractivity contribution >= 4 is 0 Å². The van der Waals surface area contributed by atoms with Crippen molar-refractivity contribution in [3.05, 3.63) is 35.9 Å². The number of rotatable bonds is 2. The lowest BCUT2D eigenvalue weighted by molar-refractivity contribution is -0.0126. The second-order valence-electron chi connectivity index (χ2n) is 5.20. The first-order valence-corrected chi connectivity index (χ1v) is 7.49. The Kier molecular flexibility index (Phi) is 6.42. The molecule has 0 aliphatic heterocycles. The Hall–Kier alpha value is -0.820. The van der Waals surface area contributed by atoms with E-state index in [1.807, 2.05) is 51.1 Å². The molecule has 1 unspecified atom stereocenters. The molecule has 1 aliphatic carbocycles. The van der Waals surface area contributed by atoms with Crippen molar-refractivity contribution in [2.45, 2.75) is 64.9 Å². The summed E-state index contributed by atoms with van der Waals surface area (Å²) in [5.41, 5.74) is 0.424. The molecule has 102 valence electrons. The van der Waals surface area contributed by atoms with Gasteiger partial charge in [0.1, 0.15) is 0 Å². The maximum absolute atomic E-state index is 10.7. The van der Waals surface area contributed by atoms with Crippen molar-refractivity contribution in [1.82, 2.24) is 0 Å². The molecule has 0 bridgehead atoms. The molecular weight excluding hydrogens is 220 g/mol. The normalized spacial score (nSPS) is 20.2. The summed E-state index contributed by atoms with van der Waals surface area (Å²) in [6.45, 7) is 5.98. The van der Waals surface area contributed by atoms with Crippen LogP contribution in [-0.4, -0.2) is 5.11 Å². The van der Waals surface area contributed by atoms with Gasteiger partial charge >= 0.3 is 0 Å². The van der Waals surface area contributed by atoms with E-state index in [1.165, 1.54) is 38.5 Å². The Labute approximate surface area is 112 Å². The number of hydrogen-bond acceptors (Lipinski definition) is 1. The van der Waals surface area contributed by atoms with Gasteiger partial charge in [0, 0.05) is 0 Å². The molecule has 0 saturated heterocycles. The highest BCUT2D eigenvalue weighted by Crippen LogP contribution is 2.37. The highest BCUT2D eigenvalue weighted by molar-refractivity contribution is 5.22. The first kappa shape index (κ1) is 15.2. The maximum Gasteiger partial charge on any atom is 0.0896 e. The molecule has 0 heterocycles. The highest BCUT2D eigenvalue weighted by atomic mass is 16.3. The lowest BCUT2D eigenvalue weighted by atomic mass is 9.79. The van der Waals surface area contributed by atoms with Crippen molar-refractivity contribution in [2.24, 2.45) is 5.92 Å². The fourth-order valence-corrected chi connectivity index (χ4v) is 2.85. The average Bonchev–Trinajstić information content (AvgIpc) is 2.71. The first-order chi connectivity index (χ1) is 8.71. The molecule has 0 spiro atoms. The molecule has 1 aliphatic rings. The molecule has 1 aromatic rings. The van der Waals surface area contributed by atoms with Gasteiger partial charge in [-0.05, 0) is 31.2 Å². The van der Waals surface area contributed by atoms with Crippen LogP contribution in [0, 0.1) is 5.92 Å². The van der Waals surface area contributed by atoms with Crippen LogP contribution in [0.15, 0.2) is 30.3 Å². The van der Waals surface area contributed by atoms with Gasteiger partial charge in [-0.2, -0.15) is 0 Å². The second-order valence-corrected chi connectivity index (χ2v) is 5.20. The predicted octanol–water partition coefficient (Wildman–Crippen LogP) is 4.89. The Morgan fingerprint density at radius 3 is 1.94 bits per heavy atom. The SMILES string of the molecule is CC.CC(O)(c1ccccc1)C1CCCCCC1. The third kappa shape index (κ3) is 3.84. The van der Waals surface area contributed by atoms with Crippen LogP contribution in [0.2, 0.25) is 0 Å². The van der Waals surface area contributed by atoms with Crippen LogP contribution in [0.25, 0.3) is 0 Å². The molecule has 0 radical (unpaired) electrons. The zero-order valence-corrected chi connectivity index (χ0v) is 12.2. The number of benzene rings is 1. The highest BCUT2D eigenvalue weighted by Gasteiger charge is 2.33. The van der Waals surface area contributed by atoms with Gasteiger partial charge < -0.3 is 5.11 Å². The van der Waals surface area contributed by atoms with E-state index in [0.717, 1.165) is 5.56 Å². The zero-order valence-electron chi connectivity index (χ0n) is 12.2. The van der Waals surface area contributed by atoms with Crippen LogP contribution in [-0.2, 0) is 5.60 Å². The Morgan fingerprint density at radius 1 is 0.944 bits per heavy atom. The van der Waals surface area contributed by atoms with Crippen LogP contribution < -0.4 is 0 Å². The van der Waals surface area contributed by atoms with Gasteiger partial charge in [-0.1, -0.05) is 69.9 Å². The Morgan fingerprint density at radius 2 is 1.44 bits per heavy atom. The Balaban J connectivity index is 0.000000771. The van der Waals surface area contributed by atoms with Crippen molar-refractivity contribution in [2.75, 3.05) is 0 Å². The summed E-state index contributed by atoms with van der Waals surface area (Å²) in [5, 5.41) is 10.7. The predicted molar refractivity (Wildman–Crippen MR) is 78.6 cm³/mol. The average molecular weight is 248 g/mol. The second kappa shape index (κ2) is 7.58. The van der Waals surface area contributed by atoms with Crippen LogP contribution >= 0.6 is 0 Å². The van der Waals surface area contributed by atoms with Crippen molar-refractivity contribution in [3.8, 4) is 0 Å². The van der Waals surface area contributed by atoms with E-state index in [2.05, 4.69) is 0 Å². The van der Waals surface area contributed by atoms with Crippen molar-refractivity contribution in [1.29, 1.82) is 0 Å². The van der Waals surface area contributed by atoms with Gasteiger partial charge in [0.25, 0.3) is 0 Å². The first-order valence-electron chi connectivity index (χ1n) is 7.49. The molecule has 1 fully saturated rings. The third-order valence-corrected chi connectivity index (χ3v) is 4.01. The summed E-state index contributed by atoms with van der Waals surface area (Å²) < 4.78 is 0. The van der Waals surface area contributed by atoms with Gasteiger partial charge in [-0.25, -0.2) is 0 Å². The molecule has 1 N–H and O–H groups in total. The van der Waals surface area contributed by atoms with Crippen LogP contribution in [0.5, 0.6) is 0 Å². The van der Waals surface area contributed by atoms with Crippen LogP contribution in [0.3, 0.4) is 0 Å². The molecule has 18 heavy (non-hydrogen) atoms. The minimum Gasteiger partial charge on any atom is -0.385 e. The van der Waals surface area contributed by atoms with E-state index in [0.29, 0.717) is 5.92 Å². The van der Waals surface area contributed by atoms with Gasteiger partial charge in [-0.15, -0.1) is 0 Å². The summed E-state index contributed by atoms with van der Waals surface area (Å²) in [5.74, 6) is 0.428. The molecule has 1 saturated carbocycles.